The third kappa shape index (κ3) is 1.83. The van der Waals surface area contributed by atoms with Gasteiger partial charge in [-0.15, -0.1) is 0 Å². The van der Waals surface area contributed by atoms with E-state index in [1.807, 2.05) is 0 Å². The molecule has 0 aromatic heterocycles. The van der Waals surface area contributed by atoms with E-state index in [0.717, 1.165) is 0 Å². The number of aromatic carboxylic acids is 1. The number of imide groups is 1. The molecule has 1 heterocycles. The van der Waals surface area contributed by atoms with Crippen LogP contribution in [0.4, 0.5) is 14.5 Å². The van der Waals surface area contributed by atoms with Crippen LogP contribution in [0.2, 0.25) is 0 Å². The summed E-state index contributed by atoms with van der Waals surface area (Å²) in [6, 6.07) is 0.992. The predicted molar refractivity (Wildman–Crippen MR) is 55.0 cm³/mol. The highest BCUT2D eigenvalue weighted by molar-refractivity contribution is 6.20. The third-order valence-corrected chi connectivity index (χ3v) is 2.56. The molecule has 0 radical (unpaired) electrons. The molecule has 2 amide bonds. The third-order valence-electron chi connectivity index (χ3n) is 2.56. The van der Waals surface area contributed by atoms with Gasteiger partial charge in [0.25, 0.3) is 0 Å². The number of hydrogen-bond donors (Lipinski definition) is 1. The number of amides is 2. The zero-order valence-corrected chi connectivity index (χ0v) is 8.94. The summed E-state index contributed by atoms with van der Waals surface area (Å²) in [5.41, 5.74) is -1.32. The van der Waals surface area contributed by atoms with Crippen LogP contribution in [-0.4, -0.2) is 22.9 Å². The van der Waals surface area contributed by atoms with Crippen LogP contribution < -0.4 is 4.90 Å². The van der Waals surface area contributed by atoms with Gasteiger partial charge in [-0.3, -0.25) is 9.59 Å². The number of halogens is 2. The zero-order chi connectivity index (χ0) is 13.4. The van der Waals surface area contributed by atoms with Crippen molar-refractivity contribution in [1.29, 1.82) is 0 Å². The second-order valence-electron chi connectivity index (χ2n) is 3.71. The van der Waals surface area contributed by atoms with Crippen LogP contribution >= 0.6 is 0 Å². The van der Waals surface area contributed by atoms with E-state index >= 15 is 0 Å². The van der Waals surface area contributed by atoms with Crippen molar-refractivity contribution in [1.82, 2.24) is 0 Å². The first-order chi connectivity index (χ1) is 8.41. The van der Waals surface area contributed by atoms with E-state index in [9.17, 15) is 23.2 Å². The van der Waals surface area contributed by atoms with Crippen molar-refractivity contribution in [3.63, 3.8) is 0 Å². The normalized spacial score (nSPS) is 15.3. The van der Waals surface area contributed by atoms with Gasteiger partial charge in [0.2, 0.25) is 11.8 Å². The average molecular weight is 255 g/mol. The molecule has 1 aromatic carbocycles. The molecule has 0 unspecified atom stereocenters. The highest BCUT2D eigenvalue weighted by Crippen LogP contribution is 2.28. The Morgan fingerprint density at radius 2 is 1.67 bits per heavy atom. The Kier molecular flexibility index (Phi) is 2.82. The van der Waals surface area contributed by atoms with E-state index in [4.69, 9.17) is 5.11 Å². The number of rotatable bonds is 2. The van der Waals surface area contributed by atoms with Gasteiger partial charge in [-0.25, -0.2) is 18.5 Å². The molecule has 7 heteroatoms. The molecular formula is C11H7F2NO4. The molecule has 1 N–H and O–H groups in total. The van der Waals surface area contributed by atoms with Crippen molar-refractivity contribution in [2.45, 2.75) is 12.8 Å². The Morgan fingerprint density at radius 3 is 2.17 bits per heavy atom. The highest BCUT2D eigenvalue weighted by atomic mass is 19.1. The van der Waals surface area contributed by atoms with Crippen molar-refractivity contribution < 1.29 is 28.3 Å². The maximum Gasteiger partial charge on any atom is 0.338 e. The molecule has 0 spiro atoms. The molecule has 5 nitrogen and oxygen atoms in total. The minimum Gasteiger partial charge on any atom is -0.478 e. The Bertz CT molecular complexity index is 554. The van der Waals surface area contributed by atoms with Crippen LogP contribution in [0.3, 0.4) is 0 Å². The van der Waals surface area contributed by atoms with Gasteiger partial charge >= 0.3 is 5.97 Å². The van der Waals surface area contributed by atoms with Crippen molar-refractivity contribution in [3.8, 4) is 0 Å². The predicted octanol–water partition coefficient (Wildman–Crippen LogP) is 1.32. The van der Waals surface area contributed by atoms with Crippen LogP contribution in [0.25, 0.3) is 0 Å². The fraction of sp³-hybridized carbons (Fsp3) is 0.182. The van der Waals surface area contributed by atoms with E-state index in [0.29, 0.717) is 17.0 Å². The van der Waals surface area contributed by atoms with Gasteiger partial charge < -0.3 is 5.11 Å². The molecule has 18 heavy (non-hydrogen) atoms. The van der Waals surface area contributed by atoms with Gasteiger partial charge in [-0.1, -0.05) is 0 Å². The van der Waals surface area contributed by atoms with Gasteiger partial charge in [-0.2, -0.15) is 0 Å². The number of carbonyl (C=O) groups excluding carboxylic acids is 2. The molecule has 0 bridgehead atoms. The summed E-state index contributed by atoms with van der Waals surface area (Å²) in [6.45, 7) is 0. The molecule has 1 aliphatic heterocycles. The molecule has 94 valence electrons. The monoisotopic (exact) mass is 255 g/mol. The molecule has 1 aromatic rings. The molecule has 0 aliphatic carbocycles. The Hall–Kier alpha value is -2.31. The molecule has 0 atom stereocenters. The van der Waals surface area contributed by atoms with E-state index < -0.39 is 40.7 Å². The van der Waals surface area contributed by atoms with Crippen molar-refractivity contribution in [3.05, 3.63) is 29.3 Å². The number of hydrogen-bond acceptors (Lipinski definition) is 3. The lowest BCUT2D eigenvalue weighted by atomic mass is 10.1. The minimum absolute atomic E-state index is 0.0714. The second kappa shape index (κ2) is 4.17. The molecular weight excluding hydrogens is 248 g/mol. The molecule has 1 aliphatic rings. The summed E-state index contributed by atoms with van der Waals surface area (Å²) < 4.78 is 26.7. The fourth-order valence-corrected chi connectivity index (χ4v) is 1.72. The van der Waals surface area contributed by atoms with Crippen LogP contribution in [0.5, 0.6) is 0 Å². The van der Waals surface area contributed by atoms with E-state index in [1.54, 1.807) is 0 Å². The van der Waals surface area contributed by atoms with Gasteiger partial charge in [0.05, 0.1) is 11.3 Å². The smallest absolute Gasteiger partial charge is 0.338 e. The number of carboxylic acids is 1. The quantitative estimate of drug-likeness (QED) is 0.808. The Balaban J connectivity index is 2.57. The average Bonchev–Trinajstić information content (AvgIpc) is 2.59. The van der Waals surface area contributed by atoms with Gasteiger partial charge in [0.1, 0.15) is 11.6 Å². The van der Waals surface area contributed by atoms with E-state index in [1.165, 1.54) is 0 Å². The lowest BCUT2D eigenvalue weighted by molar-refractivity contribution is -0.121. The Labute approximate surface area is 99.6 Å². The number of carboxylic acid groups (broad SMARTS) is 1. The van der Waals surface area contributed by atoms with E-state index in [2.05, 4.69) is 0 Å². The van der Waals surface area contributed by atoms with Gasteiger partial charge in [0.15, 0.2) is 0 Å². The summed E-state index contributed by atoms with van der Waals surface area (Å²) in [5.74, 6) is -5.29. The number of benzene rings is 1. The maximum atomic E-state index is 13.5. The fourth-order valence-electron chi connectivity index (χ4n) is 1.72. The van der Waals surface area contributed by atoms with Crippen LogP contribution in [0.15, 0.2) is 12.1 Å². The van der Waals surface area contributed by atoms with Crippen LogP contribution in [0.1, 0.15) is 23.2 Å². The summed E-state index contributed by atoms with van der Waals surface area (Å²) >= 11 is 0. The molecule has 1 saturated heterocycles. The SMILES string of the molecule is O=C(O)c1cc(N2C(=O)CCC2=O)c(F)cc1F. The molecule has 0 saturated carbocycles. The first kappa shape index (κ1) is 12.2. The topological polar surface area (TPSA) is 74.7 Å². The van der Waals surface area contributed by atoms with Crippen molar-refractivity contribution in [2.75, 3.05) is 4.90 Å². The van der Waals surface area contributed by atoms with Gasteiger partial charge in [-0.05, 0) is 6.07 Å². The largest absolute Gasteiger partial charge is 0.478 e. The first-order valence-corrected chi connectivity index (χ1v) is 5.00. The maximum absolute atomic E-state index is 13.5. The zero-order valence-electron chi connectivity index (χ0n) is 8.94. The Morgan fingerprint density at radius 1 is 1.11 bits per heavy atom. The number of nitrogens with zero attached hydrogens (tertiary/aromatic N) is 1. The van der Waals surface area contributed by atoms with Crippen molar-refractivity contribution in [2.24, 2.45) is 0 Å². The van der Waals surface area contributed by atoms with E-state index in [-0.39, 0.29) is 12.8 Å². The van der Waals surface area contributed by atoms with Crippen LogP contribution in [-0.2, 0) is 9.59 Å². The number of anilines is 1. The van der Waals surface area contributed by atoms with Crippen molar-refractivity contribution >= 4 is 23.5 Å². The number of carbonyl (C=O) groups is 3. The highest BCUT2D eigenvalue weighted by Gasteiger charge is 2.33. The molecule has 1 fully saturated rings. The van der Waals surface area contributed by atoms with Gasteiger partial charge in [0, 0.05) is 18.9 Å². The van der Waals surface area contributed by atoms with Crippen LogP contribution in [0, 0.1) is 11.6 Å². The second-order valence-corrected chi connectivity index (χ2v) is 3.71. The first-order valence-electron chi connectivity index (χ1n) is 5.00. The molecule has 2 rings (SSSR count). The summed E-state index contributed by atoms with van der Waals surface area (Å²) in [6.07, 6.45) is -0.143. The summed E-state index contributed by atoms with van der Waals surface area (Å²) in [4.78, 5) is 34.1. The minimum atomic E-state index is -1.60. The lowest BCUT2D eigenvalue weighted by Gasteiger charge is -2.15. The summed E-state index contributed by atoms with van der Waals surface area (Å²) in [5, 5.41) is 8.70. The lowest BCUT2D eigenvalue weighted by Crippen LogP contribution is -2.29. The standard InChI is InChI=1S/C11H7F2NO4/c12-6-4-7(13)8(3-5(6)11(17)18)14-9(15)1-2-10(14)16/h3-4H,1-2H2,(H,17,18). The summed E-state index contributed by atoms with van der Waals surface area (Å²) in [7, 11) is 0.